The van der Waals surface area contributed by atoms with Gasteiger partial charge in [-0.05, 0) is 38.9 Å². The third-order valence-corrected chi connectivity index (χ3v) is 5.30. The molecule has 0 saturated heterocycles. The van der Waals surface area contributed by atoms with Crippen molar-refractivity contribution in [1.29, 1.82) is 0 Å². The molecule has 1 rings (SSSR count). The number of benzene rings is 1. The van der Waals surface area contributed by atoms with E-state index in [9.17, 15) is 9.18 Å². The summed E-state index contributed by atoms with van der Waals surface area (Å²) in [6.07, 6.45) is 0. The third kappa shape index (κ3) is 7.72. The van der Waals surface area contributed by atoms with Crippen molar-refractivity contribution in [3.8, 4) is 11.8 Å². The molecule has 0 aliphatic heterocycles. The van der Waals surface area contributed by atoms with E-state index in [2.05, 4.69) is 31.5 Å². The van der Waals surface area contributed by atoms with Crippen LogP contribution in [-0.4, -0.2) is 32.9 Å². The van der Waals surface area contributed by atoms with Crippen LogP contribution in [0.5, 0.6) is 0 Å². The smallest absolute Gasteiger partial charge is 0.332 e. The molecule has 25 heavy (non-hydrogen) atoms. The second kappa shape index (κ2) is 8.50. The highest BCUT2D eigenvalue weighted by atomic mass is 28.3. The van der Waals surface area contributed by atoms with Crippen LogP contribution in [0.1, 0.15) is 25.0 Å². The average molecular weight is 366 g/mol. The molecule has 0 aromatic heterocycles. The predicted molar refractivity (Wildman–Crippen MR) is 102 cm³/mol. The van der Waals surface area contributed by atoms with E-state index < -0.39 is 25.5 Å². The summed E-state index contributed by atoms with van der Waals surface area (Å²) in [5, 5.41) is 0. The summed E-state index contributed by atoms with van der Waals surface area (Å²) in [4.78, 5) is 11.7. The van der Waals surface area contributed by atoms with Crippen molar-refractivity contribution in [2.45, 2.75) is 52.1 Å². The van der Waals surface area contributed by atoms with Crippen LogP contribution in [0.25, 0.3) is 0 Å². The second-order valence-corrected chi connectivity index (χ2v) is 13.3. The van der Waals surface area contributed by atoms with Crippen molar-refractivity contribution in [2.24, 2.45) is 0 Å². The van der Waals surface area contributed by atoms with E-state index in [1.54, 1.807) is 26.8 Å². The first-order valence-corrected chi connectivity index (χ1v) is 12.0. The van der Waals surface area contributed by atoms with Gasteiger partial charge in [0.25, 0.3) is 0 Å². The second-order valence-electron chi connectivity index (χ2n) is 7.72. The van der Waals surface area contributed by atoms with Crippen molar-refractivity contribution < 1.29 is 18.7 Å². The fourth-order valence-corrected chi connectivity index (χ4v) is 2.52. The van der Waals surface area contributed by atoms with Crippen LogP contribution < -0.4 is 5.73 Å². The Bertz CT molecular complexity index is 684. The molecule has 0 heterocycles. The number of esters is 1. The van der Waals surface area contributed by atoms with Gasteiger partial charge in [0.15, 0.2) is 0 Å². The molecular weight excluding hydrogens is 337 g/mol. The highest BCUT2D eigenvalue weighted by Gasteiger charge is 2.19. The van der Waals surface area contributed by atoms with Gasteiger partial charge in [0.1, 0.15) is 18.0 Å². The van der Waals surface area contributed by atoms with Gasteiger partial charge in [-0.1, -0.05) is 31.5 Å². The lowest BCUT2D eigenvalue weighted by Crippen LogP contribution is -2.28. The van der Waals surface area contributed by atoms with Gasteiger partial charge >= 0.3 is 5.97 Å². The topological polar surface area (TPSA) is 61.5 Å². The van der Waals surface area contributed by atoms with Gasteiger partial charge in [-0.25, -0.2) is 9.18 Å². The number of anilines is 1. The summed E-state index contributed by atoms with van der Waals surface area (Å²) in [6, 6.07) is 4.06. The molecule has 0 amide bonds. The molecule has 0 radical (unpaired) electrons. The maximum atomic E-state index is 14.1. The van der Waals surface area contributed by atoms with Crippen LogP contribution in [-0.2, 0) is 14.3 Å². The largest absolute Gasteiger partial charge is 0.464 e. The minimum Gasteiger partial charge on any atom is -0.464 e. The fourth-order valence-electron chi connectivity index (χ4n) is 1.80. The molecule has 0 unspecified atom stereocenters. The van der Waals surface area contributed by atoms with Gasteiger partial charge in [-0.15, -0.1) is 0 Å². The number of ether oxygens (including phenoxy) is 2. The van der Waals surface area contributed by atoms with Crippen LogP contribution in [0, 0.1) is 24.6 Å². The average Bonchev–Trinajstić information content (AvgIpc) is 2.49. The first kappa shape index (κ1) is 21.2. The third-order valence-electron chi connectivity index (χ3n) is 3.59. The van der Waals surface area contributed by atoms with E-state index in [0.717, 1.165) is 6.04 Å². The van der Waals surface area contributed by atoms with E-state index in [1.807, 2.05) is 0 Å². The Hall–Kier alpha value is -1.84. The first-order valence-electron chi connectivity index (χ1n) is 8.29. The van der Waals surface area contributed by atoms with E-state index in [0.29, 0.717) is 17.9 Å². The van der Waals surface area contributed by atoms with Crippen LogP contribution >= 0.6 is 0 Å². The van der Waals surface area contributed by atoms with Crippen molar-refractivity contribution >= 4 is 19.7 Å². The number of carbonyl (C=O) groups excluding carboxylic acids is 1. The van der Waals surface area contributed by atoms with Crippen molar-refractivity contribution in [3.63, 3.8) is 0 Å². The highest BCUT2D eigenvalue weighted by molar-refractivity contribution is 6.76. The lowest BCUT2D eigenvalue weighted by molar-refractivity contribution is -0.151. The van der Waals surface area contributed by atoms with E-state index in [1.165, 1.54) is 6.07 Å². The number of nitrogen functional groups attached to an aromatic ring is 1. The van der Waals surface area contributed by atoms with Crippen LogP contribution in [0.2, 0.25) is 25.7 Å². The van der Waals surface area contributed by atoms with Crippen molar-refractivity contribution in [3.05, 3.63) is 29.1 Å². The molecule has 4 nitrogen and oxygen atoms in total. The number of hydrogen-bond donors (Lipinski definition) is 1. The lowest BCUT2D eigenvalue weighted by Gasteiger charge is -2.19. The van der Waals surface area contributed by atoms with Gasteiger partial charge in [-0.2, -0.15) is 0 Å². The molecule has 6 heteroatoms. The van der Waals surface area contributed by atoms with E-state index in [4.69, 9.17) is 15.2 Å². The minimum absolute atomic E-state index is 0.184. The molecule has 0 aliphatic rings. The number of rotatable bonds is 6. The first-order chi connectivity index (χ1) is 11.4. The molecular formula is C19H28FNO3Si. The maximum absolute atomic E-state index is 14.1. The Morgan fingerprint density at radius 3 is 2.56 bits per heavy atom. The number of nitrogens with two attached hydrogens (primary N) is 1. The van der Waals surface area contributed by atoms with Gasteiger partial charge in [0, 0.05) is 19.3 Å². The Balaban J connectivity index is 2.60. The molecule has 0 spiro atoms. The predicted octanol–water partition coefficient (Wildman–Crippen LogP) is 3.74. The van der Waals surface area contributed by atoms with Crippen molar-refractivity contribution in [2.75, 3.05) is 18.9 Å². The zero-order valence-corrected chi connectivity index (χ0v) is 17.0. The minimum atomic E-state index is -1.23. The highest BCUT2D eigenvalue weighted by Crippen LogP contribution is 2.18. The molecule has 0 fully saturated rings. The van der Waals surface area contributed by atoms with Crippen LogP contribution in [0.4, 0.5) is 10.1 Å². The van der Waals surface area contributed by atoms with Gasteiger partial charge < -0.3 is 15.2 Å². The lowest BCUT2D eigenvalue weighted by atomic mass is 10.1. The van der Waals surface area contributed by atoms with Crippen molar-refractivity contribution in [1.82, 2.24) is 0 Å². The summed E-state index contributed by atoms with van der Waals surface area (Å²) in [7, 11) is -1.23. The maximum Gasteiger partial charge on any atom is 0.332 e. The van der Waals surface area contributed by atoms with Gasteiger partial charge in [0.2, 0.25) is 0 Å². The Kier molecular flexibility index (Phi) is 7.21. The zero-order valence-electron chi connectivity index (χ0n) is 16.0. The zero-order chi connectivity index (χ0) is 19.3. The van der Waals surface area contributed by atoms with E-state index in [-0.39, 0.29) is 12.2 Å². The molecule has 1 aromatic carbocycles. The number of carbonyl (C=O) groups is 1. The number of halogens is 1. The molecule has 0 bridgehead atoms. The monoisotopic (exact) mass is 365 g/mol. The standard InChI is InChI=1S/C19H28FNO3Si/c1-14-16(21)8-7-15(18(14)20)9-10-19(2,3)24-13-17(22)23-11-12-25(4,5)6/h7-8H,11-13,21H2,1-6H3. The molecule has 0 saturated carbocycles. The van der Waals surface area contributed by atoms with Gasteiger partial charge in [-0.3, -0.25) is 0 Å². The Morgan fingerprint density at radius 2 is 1.96 bits per heavy atom. The molecule has 0 aliphatic carbocycles. The summed E-state index contributed by atoms with van der Waals surface area (Å²) < 4.78 is 24.8. The molecule has 1 aromatic rings. The Labute approximate surface area is 150 Å². The fraction of sp³-hybridized carbons (Fsp3) is 0.526. The molecule has 2 N–H and O–H groups in total. The summed E-state index contributed by atoms with van der Waals surface area (Å²) >= 11 is 0. The summed E-state index contributed by atoms with van der Waals surface area (Å²) in [5.41, 5.74) is 5.77. The summed E-state index contributed by atoms with van der Waals surface area (Å²) in [6.45, 7) is 11.9. The molecule has 0 atom stereocenters. The SMILES string of the molecule is Cc1c(N)ccc(C#CC(C)(C)OCC(=O)OCC[Si](C)(C)C)c1F. The molecule has 138 valence electrons. The Morgan fingerprint density at radius 1 is 1.32 bits per heavy atom. The quantitative estimate of drug-likeness (QED) is 0.361. The summed E-state index contributed by atoms with van der Waals surface area (Å²) in [5.74, 6) is 4.75. The van der Waals surface area contributed by atoms with Gasteiger partial charge in [0.05, 0.1) is 12.2 Å². The van der Waals surface area contributed by atoms with Crippen LogP contribution in [0.15, 0.2) is 12.1 Å². The van der Waals surface area contributed by atoms with E-state index >= 15 is 0 Å². The number of hydrogen-bond acceptors (Lipinski definition) is 4. The normalized spacial score (nSPS) is 11.6. The van der Waals surface area contributed by atoms with Crippen LogP contribution in [0.3, 0.4) is 0 Å².